The SMILES string of the molecule is Cc1cc(C)cc(NC(=O)c2c(C)n(C)oc2=O)c1. The monoisotopic (exact) mass is 260 g/mol. The molecule has 1 aromatic carbocycles. The number of aryl methyl sites for hydroxylation is 3. The molecule has 1 N–H and O–H groups in total. The Kier molecular flexibility index (Phi) is 3.29. The summed E-state index contributed by atoms with van der Waals surface area (Å²) in [5.41, 5.74) is 2.69. The van der Waals surface area contributed by atoms with Crippen LogP contribution in [0.15, 0.2) is 27.5 Å². The first-order valence-corrected chi connectivity index (χ1v) is 5.95. The summed E-state index contributed by atoms with van der Waals surface area (Å²) >= 11 is 0. The van der Waals surface area contributed by atoms with Crippen LogP contribution in [0.3, 0.4) is 0 Å². The molecule has 5 nitrogen and oxygen atoms in total. The Bertz CT molecular complexity index is 675. The van der Waals surface area contributed by atoms with Gasteiger partial charge < -0.3 is 9.84 Å². The van der Waals surface area contributed by atoms with Crippen LogP contribution in [0.25, 0.3) is 0 Å². The molecule has 2 rings (SSSR count). The van der Waals surface area contributed by atoms with E-state index in [1.165, 1.54) is 4.74 Å². The summed E-state index contributed by atoms with van der Waals surface area (Å²) in [6, 6.07) is 5.72. The van der Waals surface area contributed by atoms with E-state index in [-0.39, 0.29) is 5.56 Å². The highest BCUT2D eigenvalue weighted by atomic mass is 16.5. The number of hydrogen-bond donors (Lipinski definition) is 1. The van der Waals surface area contributed by atoms with Crippen LogP contribution < -0.4 is 10.9 Å². The van der Waals surface area contributed by atoms with Crippen LogP contribution in [-0.4, -0.2) is 10.6 Å². The number of benzene rings is 1. The zero-order chi connectivity index (χ0) is 14.2. The van der Waals surface area contributed by atoms with Crippen molar-refractivity contribution in [3.8, 4) is 0 Å². The number of carbonyl (C=O) groups excluding carboxylic acids is 1. The Labute approximate surface area is 110 Å². The summed E-state index contributed by atoms with van der Waals surface area (Å²) < 4.78 is 6.14. The number of nitrogens with zero attached hydrogens (tertiary/aromatic N) is 1. The van der Waals surface area contributed by atoms with Gasteiger partial charge >= 0.3 is 5.63 Å². The van der Waals surface area contributed by atoms with Gasteiger partial charge in [-0.15, -0.1) is 0 Å². The molecule has 0 spiro atoms. The maximum Gasteiger partial charge on any atom is 0.370 e. The van der Waals surface area contributed by atoms with Crippen molar-refractivity contribution in [1.82, 2.24) is 4.74 Å². The number of anilines is 1. The number of amides is 1. The van der Waals surface area contributed by atoms with Crippen LogP contribution in [0.2, 0.25) is 0 Å². The minimum atomic E-state index is -0.623. The molecule has 1 amide bonds. The van der Waals surface area contributed by atoms with Gasteiger partial charge in [0.1, 0.15) is 5.56 Å². The zero-order valence-corrected chi connectivity index (χ0v) is 11.4. The van der Waals surface area contributed by atoms with E-state index >= 15 is 0 Å². The Morgan fingerprint density at radius 1 is 1.16 bits per heavy atom. The average molecular weight is 260 g/mol. The summed E-state index contributed by atoms with van der Waals surface area (Å²) in [6.45, 7) is 5.57. The number of hydrogen-bond acceptors (Lipinski definition) is 3. The van der Waals surface area contributed by atoms with Gasteiger partial charge in [0.25, 0.3) is 5.91 Å². The minimum absolute atomic E-state index is 0.0432. The first-order chi connectivity index (χ1) is 8.88. The Balaban J connectivity index is 2.33. The van der Waals surface area contributed by atoms with Crippen LogP contribution in [0.1, 0.15) is 27.2 Å². The summed E-state index contributed by atoms with van der Waals surface area (Å²) in [4.78, 5) is 23.7. The molecule has 2 aromatic rings. The molecule has 0 atom stereocenters. The lowest BCUT2D eigenvalue weighted by atomic mass is 10.1. The second-order valence-electron chi connectivity index (χ2n) is 4.67. The highest BCUT2D eigenvalue weighted by Gasteiger charge is 2.19. The van der Waals surface area contributed by atoms with Crippen LogP contribution in [0.5, 0.6) is 0 Å². The largest absolute Gasteiger partial charge is 0.370 e. The highest BCUT2D eigenvalue weighted by molar-refractivity contribution is 6.04. The number of aromatic nitrogens is 1. The van der Waals surface area contributed by atoms with Gasteiger partial charge in [0, 0.05) is 12.7 Å². The highest BCUT2D eigenvalue weighted by Crippen LogP contribution is 2.15. The fraction of sp³-hybridized carbons (Fsp3) is 0.286. The van der Waals surface area contributed by atoms with Gasteiger partial charge in [0.05, 0.1) is 5.69 Å². The molecule has 19 heavy (non-hydrogen) atoms. The van der Waals surface area contributed by atoms with Crippen molar-refractivity contribution in [3.05, 3.63) is 51.0 Å². The molecule has 0 aliphatic heterocycles. The van der Waals surface area contributed by atoms with Gasteiger partial charge in [-0.05, 0) is 44.0 Å². The Morgan fingerprint density at radius 3 is 2.21 bits per heavy atom. The maximum absolute atomic E-state index is 12.1. The van der Waals surface area contributed by atoms with Gasteiger partial charge in [0.2, 0.25) is 0 Å². The van der Waals surface area contributed by atoms with Crippen LogP contribution in [-0.2, 0) is 7.05 Å². The summed E-state index contributed by atoms with van der Waals surface area (Å²) in [7, 11) is 1.59. The molecule has 0 saturated carbocycles. The molecule has 1 aromatic heterocycles. The number of nitrogens with one attached hydrogen (secondary N) is 1. The fourth-order valence-corrected chi connectivity index (χ4v) is 2.04. The van der Waals surface area contributed by atoms with E-state index in [0.29, 0.717) is 11.4 Å². The minimum Gasteiger partial charge on any atom is -0.336 e. The number of rotatable bonds is 2. The molecular formula is C14H16N2O3. The quantitative estimate of drug-likeness (QED) is 0.899. The topological polar surface area (TPSA) is 64.2 Å². The van der Waals surface area contributed by atoms with E-state index in [9.17, 15) is 9.59 Å². The van der Waals surface area contributed by atoms with Gasteiger partial charge in [-0.1, -0.05) is 6.07 Å². The Hall–Kier alpha value is -2.30. The number of carbonyl (C=O) groups is 1. The summed E-state index contributed by atoms with van der Waals surface area (Å²) in [5, 5.41) is 2.72. The summed E-state index contributed by atoms with van der Waals surface area (Å²) in [6.07, 6.45) is 0. The van der Waals surface area contributed by atoms with E-state index in [1.54, 1.807) is 14.0 Å². The van der Waals surface area contributed by atoms with Crippen molar-refractivity contribution in [1.29, 1.82) is 0 Å². The van der Waals surface area contributed by atoms with E-state index in [4.69, 9.17) is 4.52 Å². The van der Waals surface area contributed by atoms with E-state index in [2.05, 4.69) is 5.32 Å². The first kappa shape index (κ1) is 13.1. The molecule has 0 fully saturated rings. The molecule has 0 aliphatic carbocycles. The van der Waals surface area contributed by atoms with Crippen LogP contribution in [0, 0.1) is 20.8 Å². The molecule has 0 saturated heterocycles. The van der Waals surface area contributed by atoms with Gasteiger partial charge in [-0.25, -0.2) is 9.53 Å². The van der Waals surface area contributed by atoms with Crippen molar-refractivity contribution in [3.63, 3.8) is 0 Å². The van der Waals surface area contributed by atoms with Crippen molar-refractivity contribution < 1.29 is 9.32 Å². The molecule has 0 unspecified atom stereocenters. The van der Waals surface area contributed by atoms with Crippen molar-refractivity contribution in [2.45, 2.75) is 20.8 Å². The lowest BCUT2D eigenvalue weighted by Gasteiger charge is -2.06. The third-order valence-corrected chi connectivity index (χ3v) is 2.96. The van der Waals surface area contributed by atoms with Gasteiger partial charge in [-0.3, -0.25) is 4.79 Å². The standard InChI is InChI=1S/C14H16N2O3/c1-8-5-9(2)7-11(6-8)15-13(17)12-10(3)16(4)19-14(12)18/h5-7H,1-4H3,(H,15,17). The summed E-state index contributed by atoms with van der Waals surface area (Å²) in [5.74, 6) is -0.447. The first-order valence-electron chi connectivity index (χ1n) is 5.95. The third kappa shape index (κ3) is 2.59. The predicted molar refractivity (Wildman–Crippen MR) is 72.6 cm³/mol. The molecule has 1 heterocycles. The van der Waals surface area contributed by atoms with Crippen molar-refractivity contribution >= 4 is 11.6 Å². The van der Waals surface area contributed by atoms with Crippen LogP contribution in [0.4, 0.5) is 5.69 Å². The smallest absolute Gasteiger partial charge is 0.336 e. The zero-order valence-electron chi connectivity index (χ0n) is 11.4. The second-order valence-corrected chi connectivity index (χ2v) is 4.67. The molecule has 100 valence electrons. The molecule has 0 bridgehead atoms. The molecule has 5 heteroatoms. The fourth-order valence-electron chi connectivity index (χ4n) is 2.04. The van der Waals surface area contributed by atoms with Gasteiger partial charge in [0.15, 0.2) is 0 Å². The second kappa shape index (κ2) is 4.76. The molecule has 0 radical (unpaired) electrons. The predicted octanol–water partition coefficient (Wildman–Crippen LogP) is 2.16. The third-order valence-electron chi connectivity index (χ3n) is 2.96. The Morgan fingerprint density at radius 2 is 1.74 bits per heavy atom. The average Bonchev–Trinajstić information content (AvgIpc) is 2.51. The maximum atomic E-state index is 12.1. The molecular weight excluding hydrogens is 244 g/mol. The van der Waals surface area contributed by atoms with Gasteiger partial charge in [-0.2, -0.15) is 0 Å². The lowest BCUT2D eigenvalue weighted by molar-refractivity contribution is 0.102. The van der Waals surface area contributed by atoms with E-state index < -0.39 is 11.5 Å². The van der Waals surface area contributed by atoms with Crippen molar-refractivity contribution in [2.24, 2.45) is 7.05 Å². The normalized spacial score (nSPS) is 10.5. The molecule has 0 aliphatic rings. The van der Waals surface area contributed by atoms with E-state index in [1.807, 2.05) is 32.0 Å². The lowest BCUT2D eigenvalue weighted by Crippen LogP contribution is -2.19. The van der Waals surface area contributed by atoms with Crippen LogP contribution >= 0.6 is 0 Å². The van der Waals surface area contributed by atoms with Crippen molar-refractivity contribution in [2.75, 3.05) is 5.32 Å². The van der Waals surface area contributed by atoms with E-state index in [0.717, 1.165) is 11.1 Å².